The zero-order valence-electron chi connectivity index (χ0n) is 19.2. The van der Waals surface area contributed by atoms with Crippen LogP contribution in [0.5, 0.6) is 0 Å². The molecule has 0 radical (unpaired) electrons. The minimum absolute atomic E-state index is 0.0563. The van der Waals surface area contributed by atoms with Crippen LogP contribution in [-0.4, -0.2) is 60.0 Å². The highest BCUT2D eigenvalue weighted by Gasteiger charge is 2.51. The number of nitrogens with zero attached hydrogens (tertiary/aromatic N) is 3. The number of amides is 2. The van der Waals surface area contributed by atoms with E-state index in [-0.39, 0.29) is 29.2 Å². The molecule has 1 aliphatic heterocycles. The van der Waals surface area contributed by atoms with Crippen LogP contribution < -0.4 is 15.5 Å². The number of piperidine rings is 1. The molecular formula is C24H28FN5O4. The van der Waals surface area contributed by atoms with Crippen molar-refractivity contribution in [2.24, 2.45) is 11.8 Å². The third-order valence-corrected chi connectivity index (χ3v) is 6.69. The molecule has 34 heavy (non-hydrogen) atoms. The van der Waals surface area contributed by atoms with Crippen molar-refractivity contribution in [3.63, 3.8) is 0 Å². The number of carbonyl (C=O) groups is 3. The monoisotopic (exact) mass is 469 g/mol. The van der Waals surface area contributed by atoms with Gasteiger partial charge < -0.3 is 20.3 Å². The van der Waals surface area contributed by atoms with Crippen molar-refractivity contribution in [3.05, 3.63) is 53.9 Å². The van der Waals surface area contributed by atoms with Gasteiger partial charge in [-0.25, -0.2) is 19.2 Å². The normalized spacial score (nSPS) is 20.9. The van der Waals surface area contributed by atoms with E-state index in [2.05, 4.69) is 27.5 Å². The second-order valence-electron chi connectivity index (χ2n) is 8.97. The van der Waals surface area contributed by atoms with Gasteiger partial charge in [-0.2, -0.15) is 0 Å². The number of rotatable bonds is 7. The average Bonchev–Trinajstić information content (AvgIpc) is 3.63. The summed E-state index contributed by atoms with van der Waals surface area (Å²) in [6.07, 6.45) is 6.10. The van der Waals surface area contributed by atoms with Gasteiger partial charge in [-0.05, 0) is 43.2 Å². The van der Waals surface area contributed by atoms with Crippen LogP contribution in [0.4, 0.5) is 10.1 Å². The van der Waals surface area contributed by atoms with E-state index in [1.54, 1.807) is 12.1 Å². The van der Waals surface area contributed by atoms with Crippen molar-refractivity contribution in [1.82, 2.24) is 20.6 Å². The molecular weight excluding hydrogens is 441 g/mol. The first kappa shape index (κ1) is 23.6. The Hall–Kier alpha value is -3.56. The summed E-state index contributed by atoms with van der Waals surface area (Å²) in [7, 11) is 1.23. The van der Waals surface area contributed by atoms with Gasteiger partial charge in [0, 0.05) is 32.0 Å². The number of nitrogens with one attached hydrogen (secondary N) is 2. The lowest BCUT2D eigenvalue weighted by Gasteiger charge is -2.39. The van der Waals surface area contributed by atoms with Gasteiger partial charge in [0.15, 0.2) is 0 Å². The molecule has 2 N–H and O–H groups in total. The van der Waals surface area contributed by atoms with Gasteiger partial charge in [0.05, 0.1) is 18.4 Å². The van der Waals surface area contributed by atoms with Crippen molar-refractivity contribution < 1.29 is 23.5 Å². The third-order valence-electron chi connectivity index (χ3n) is 6.69. The third kappa shape index (κ3) is 4.85. The molecule has 2 heterocycles. The number of methoxy groups -OCH3 is 1. The van der Waals surface area contributed by atoms with Crippen LogP contribution in [0, 0.1) is 17.7 Å². The van der Waals surface area contributed by atoms with Gasteiger partial charge in [0.2, 0.25) is 5.91 Å². The molecule has 2 aliphatic rings. The molecule has 2 unspecified atom stereocenters. The number of carbonyl (C=O) groups excluding carboxylic acids is 3. The van der Waals surface area contributed by atoms with Crippen LogP contribution in [-0.2, 0) is 9.53 Å². The summed E-state index contributed by atoms with van der Waals surface area (Å²) < 4.78 is 19.1. The second-order valence-corrected chi connectivity index (χ2v) is 8.97. The van der Waals surface area contributed by atoms with Crippen LogP contribution >= 0.6 is 0 Å². The molecule has 1 aromatic carbocycles. The van der Waals surface area contributed by atoms with Crippen molar-refractivity contribution in [3.8, 4) is 0 Å². The van der Waals surface area contributed by atoms with Crippen molar-refractivity contribution in [1.29, 1.82) is 0 Å². The standard InChI is InChI=1S/C24H28FN5O4/c1-15-13-30(19-5-3-4-18(25)20(19)22(32)34-2)9-6-16(15)12-28-23(33)24(7-8-24)29-21(31)17-10-26-14-27-11-17/h3-5,10-11,14-16H,6-9,12-13H2,1-2H3,(H,28,33)(H,29,31). The molecule has 1 saturated carbocycles. The number of hydrogen-bond donors (Lipinski definition) is 2. The van der Waals surface area contributed by atoms with Crippen LogP contribution in [0.2, 0.25) is 0 Å². The predicted octanol–water partition coefficient (Wildman–Crippen LogP) is 1.94. The van der Waals surface area contributed by atoms with Crippen LogP contribution in [0.15, 0.2) is 36.9 Å². The largest absolute Gasteiger partial charge is 0.465 e. The van der Waals surface area contributed by atoms with E-state index in [1.807, 2.05) is 4.90 Å². The highest BCUT2D eigenvalue weighted by atomic mass is 19.1. The summed E-state index contributed by atoms with van der Waals surface area (Å²) >= 11 is 0. The Kier molecular flexibility index (Phi) is 6.76. The van der Waals surface area contributed by atoms with Gasteiger partial charge in [0.25, 0.3) is 5.91 Å². The molecule has 9 nitrogen and oxygen atoms in total. The number of esters is 1. The fraction of sp³-hybridized carbons (Fsp3) is 0.458. The van der Waals surface area contributed by atoms with E-state index in [4.69, 9.17) is 4.74 Å². The number of halogens is 1. The summed E-state index contributed by atoms with van der Waals surface area (Å²) in [5.74, 6) is -1.46. The molecule has 2 aromatic rings. The average molecular weight is 470 g/mol. The maximum atomic E-state index is 14.3. The predicted molar refractivity (Wildman–Crippen MR) is 122 cm³/mol. The highest BCUT2D eigenvalue weighted by Crippen LogP contribution is 2.36. The van der Waals surface area contributed by atoms with E-state index in [0.717, 1.165) is 6.42 Å². The van der Waals surface area contributed by atoms with E-state index in [0.29, 0.717) is 43.7 Å². The minimum Gasteiger partial charge on any atom is -0.465 e. The smallest absolute Gasteiger partial charge is 0.342 e. The Bertz CT molecular complexity index is 1080. The molecule has 1 aromatic heterocycles. The van der Waals surface area contributed by atoms with E-state index < -0.39 is 17.3 Å². The fourth-order valence-corrected chi connectivity index (χ4v) is 4.43. The SMILES string of the molecule is COC(=O)c1c(F)cccc1N1CCC(CNC(=O)C2(NC(=O)c3cncnc3)CC2)C(C)C1. The minimum atomic E-state index is -0.881. The van der Waals surface area contributed by atoms with Crippen LogP contribution in [0.25, 0.3) is 0 Å². The summed E-state index contributed by atoms with van der Waals surface area (Å²) in [6, 6.07) is 4.55. The van der Waals surface area contributed by atoms with E-state index in [9.17, 15) is 18.8 Å². The van der Waals surface area contributed by atoms with Gasteiger partial charge in [-0.3, -0.25) is 9.59 Å². The number of hydrogen-bond acceptors (Lipinski definition) is 7. The van der Waals surface area contributed by atoms with Crippen LogP contribution in [0.3, 0.4) is 0 Å². The molecule has 4 rings (SSSR count). The molecule has 2 amide bonds. The van der Waals surface area contributed by atoms with Crippen molar-refractivity contribution in [2.45, 2.75) is 31.7 Å². The first-order chi connectivity index (χ1) is 16.3. The lowest BCUT2D eigenvalue weighted by molar-refractivity contribution is -0.124. The summed E-state index contributed by atoms with van der Waals surface area (Å²) in [5.41, 5.74) is -0.107. The quantitative estimate of drug-likeness (QED) is 0.596. The Morgan fingerprint density at radius 3 is 2.62 bits per heavy atom. The molecule has 2 atom stereocenters. The number of benzene rings is 1. The number of anilines is 1. The highest BCUT2D eigenvalue weighted by molar-refractivity contribution is 6.00. The lowest BCUT2D eigenvalue weighted by Crippen LogP contribution is -2.51. The number of aromatic nitrogens is 2. The van der Waals surface area contributed by atoms with Gasteiger partial charge in [-0.15, -0.1) is 0 Å². The Labute approximate surface area is 197 Å². The van der Waals surface area contributed by atoms with E-state index >= 15 is 0 Å². The Morgan fingerprint density at radius 2 is 1.97 bits per heavy atom. The molecule has 0 bridgehead atoms. The Morgan fingerprint density at radius 1 is 1.24 bits per heavy atom. The maximum Gasteiger partial charge on any atom is 0.342 e. The van der Waals surface area contributed by atoms with Gasteiger partial charge in [0.1, 0.15) is 23.2 Å². The molecule has 2 fully saturated rings. The summed E-state index contributed by atoms with van der Waals surface area (Å²) in [6.45, 7) is 3.79. The molecule has 1 saturated heterocycles. The topological polar surface area (TPSA) is 114 Å². The van der Waals surface area contributed by atoms with Crippen molar-refractivity contribution in [2.75, 3.05) is 31.6 Å². The second kappa shape index (κ2) is 9.74. The lowest BCUT2D eigenvalue weighted by atomic mass is 9.86. The van der Waals surface area contributed by atoms with Gasteiger partial charge >= 0.3 is 5.97 Å². The molecule has 1 aliphatic carbocycles. The zero-order valence-corrected chi connectivity index (χ0v) is 19.2. The summed E-state index contributed by atoms with van der Waals surface area (Å²) in [4.78, 5) is 47.1. The summed E-state index contributed by atoms with van der Waals surface area (Å²) in [5, 5.41) is 5.83. The van der Waals surface area contributed by atoms with Crippen molar-refractivity contribution >= 4 is 23.5 Å². The first-order valence-electron chi connectivity index (χ1n) is 11.3. The molecule has 180 valence electrons. The van der Waals surface area contributed by atoms with E-state index in [1.165, 1.54) is 31.9 Å². The molecule has 0 spiro atoms. The number of ether oxygens (including phenoxy) is 1. The maximum absolute atomic E-state index is 14.3. The molecule has 10 heteroatoms. The zero-order chi connectivity index (χ0) is 24.3. The first-order valence-corrected chi connectivity index (χ1v) is 11.3. The fourth-order valence-electron chi connectivity index (χ4n) is 4.43. The Balaban J connectivity index is 1.33. The van der Waals surface area contributed by atoms with Crippen LogP contribution in [0.1, 0.15) is 46.9 Å². The van der Waals surface area contributed by atoms with Gasteiger partial charge in [-0.1, -0.05) is 13.0 Å².